The Balaban J connectivity index is 1.62. The second-order valence-electron chi connectivity index (χ2n) is 7.15. The molecule has 2 amide bonds. The lowest BCUT2D eigenvalue weighted by molar-refractivity contribution is -0.384. The molecule has 0 radical (unpaired) electrons. The number of carbonyl (C=O) groups is 2. The molecular weight excluding hydrogens is 418 g/mol. The van der Waals surface area contributed by atoms with Crippen LogP contribution in [0.2, 0.25) is 5.02 Å². The largest absolute Gasteiger partial charge is 0.322 e. The highest BCUT2D eigenvalue weighted by atomic mass is 35.5. The Kier molecular flexibility index (Phi) is 5.68. The molecule has 0 atom stereocenters. The van der Waals surface area contributed by atoms with Gasteiger partial charge in [0, 0.05) is 35.6 Å². The van der Waals surface area contributed by atoms with Gasteiger partial charge in [-0.15, -0.1) is 0 Å². The number of hydrogen-bond acceptors (Lipinski definition) is 4. The minimum absolute atomic E-state index is 0.00538. The van der Waals surface area contributed by atoms with Gasteiger partial charge < -0.3 is 10.2 Å². The number of nitrogens with zero attached hydrogens (tertiary/aromatic N) is 2. The van der Waals surface area contributed by atoms with Crippen LogP contribution in [0, 0.1) is 10.1 Å². The van der Waals surface area contributed by atoms with Crippen LogP contribution in [0.4, 0.5) is 17.1 Å². The Morgan fingerprint density at radius 1 is 1.03 bits per heavy atom. The Bertz CT molecular complexity index is 1180. The molecule has 7 nitrogen and oxygen atoms in total. The van der Waals surface area contributed by atoms with Crippen LogP contribution in [0.5, 0.6) is 0 Å². The van der Waals surface area contributed by atoms with E-state index in [1.165, 1.54) is 12.1 Å². The third-order valence-electron chi connectivity index (χ3n) is 5.13. The van der Waals surface area contributed by atoms with Crippen molar-refractivity contribution in [3.8, 4) is 0 Å². The molecule has 1 aliphatic heterocycles. The summed E-state index contributed by atoms with van der Waals surface area (Å²) in [5.74, 6) is -0.669. The summed E-state index contributed by atoms with van der Waals surface area (Å²) in [6.07, 6.45) is 1.68. The topological polar surface area (TPSA) is 92.6 Å². The lowest BCUT2D eigenvalue weighted by Crippen LogP contribution is -2.35. The van der Waals surface area contributed by atoms with Gasteiger partial charge in [-0.25, -0.2) is 0 Å². The molecule has 1 heterocycles. The summed E-state index contributed by atoms with van der Waals surface area (Å²) in [4.78, 5) is 37.9. The maximum absolute atomic E-state index is 13.0. The van der Waals surface area contributed by atoms with E-state index in [0.29, 0.717) is 17.8 Å². The third-order valence-corrected chi connectivity index (χ3v) is 5.46. The highest BCUT2D eigenvalue weighted by Crippen LogP contribution is 2.32. The predicted octanol–water partition coefficient (Wildman–Crippen LogP) is 5.09. The summed E-state index contributed by atoms with van der Waals surface area (Å²) in [6.45, 7) is 0.578. The predicted molar refractivity (Wildman–Crippen MR) is 119 cm³/mol. The molecule has 0 aromatic heterocycles. The fourth-order valence-electron chi connectivity index (χ4n) is 3.60. The Labute approximate surface area is 183 Å². The Hall–Kier alpha value is -3.71. The molecule has 0 unspecified atom stereocenters. The van der Waals surface area contributed by atoms with E-state index < -0.39 is 10.8 Å². The first kappa shape index (κ1) is 20.6. The molecule has 0 fully saturated rings. The molecular formula is C23H18ClN3O4. The van der Waals surface area contributed by atoms with Crippen molar-refractivity contribution in [2.45, 2.75) is 12.8 Å². The first-order chi connectivity index (χ1) is 14.9. The number of rotatable bonds is 4. The smallest absolute Gasteiger partial charge is 0.270 e. The fraction of sp³-hybridized carbons (Fsp3) is 0.130. The normalized spacial score (nSPS) is 12.7. The van der Waals surface area contributed by atoms with Gasteiger partial charge in [-0.1, -0.05) is 35.9 Å². The Morgan fingerprint density at radius 2 is 1.81 bits per heavy atom. The van der Waals surface area contributed by atoms with Gasteiger partial charge in [-0.3, -0.25) is 19.7 Å². The number of anilines is 2. The van der Waals surface area contributed by atoms with Crippen molar-refractivity contribution in [1.29, 1.82) is 0 Å². The van der Waals surface area contributed by atoms with E-state index in [4.69, 9.17) is 11.6 Å². The van der Waals surface area contributed by atoms with E-state index in [1.807, 2.05) is 24.3 Å². The Morgan fingerprint density at radius 3 is 2.55 bits per heavy atom. The van der Waals surface area contributed by atoms with Crippen LogP contribution in [0.15, 0.2) is 66.7 Å². The second kappa shape index (κ2) is 8.57. The summed E-state index contributed by atoms with van der Waals surface area (Å²) in [5.41, 5.74) is 2.60. The zero-order chi connectivity index (χ0) is 22.0. The van der Waals surface area contributed by atoms with Gasteiger partial charge in [0.2, 0.25) is 0 Å². The number of benzene rings is 3. The molecule has 1 aliphatic rings. The highest BCUT2D eigenvalue weighted by molar-refractivity contribution is 6.34. The van der Waals surface area contributed by atoms with Crippen LogP contribution in [0.3, 0.4) is 0 Å². The van der Waals surface area contributed by atoms with Crippen molar-refractivity contribution in [3.63, 3.8) is 0 Å². The van der Waals surface area contributed by atoms with Crippen LogP contribution >= 0.6 is 11.6 Å². The molecule has 31 heavy (non-hydrogen) atoms. The molecule has 3 aromatic rings. The van der Waals surface area contributed by atoms with E-state index in [0.717, 1.165) is 30.2 Å². The highest BCUT2D eigenvalue weighted by Gasteiger charge is 2.24. The van der Waals surface area contributed by atoms with E-state index in [1.54, 1.807) is 29.2 Å². The van der Waals surface area contributed by atoms with Crippen LogP contribution in [-0.4, -0.2) is 23.3 Å². The number of nitrogens with one attached hydrogen (secondary N) is 1. The number of hydrogen-bond donors (Lipinski definition) is 1. The average Bonchev–Trinajstić information content (AvgIpc) is 2.78. The maximum Gasteiger partial charge on any atom is 0.270 e. The molecule has 156 valence electrons. The third kappa shape index (κ3) is 4.27. The van der Waals surface area contributed by atoms with Gasteiger partial charge in [0.25, 0.3) is 17.5 Å². The number of fused-ring (bicyclic) bond motifs is 1. The fourth-order valence-corrected chi connectivity index (χ4v) is 3.80. The molecule has 8 heteroatoms. The lowest BCUT2D eigenvalue weighted by Gasteiger charge is -2.30. The summed E-state index contributed by atoms with van der Waals surface area (Å²) in [6, 6.07) is 18.1. The first-order valence-corrected chi connectivity index (χ1v) is 10.1. The van der Waals surface area contributed by atoms with Crippen LogP contribution in [0.25, 0.3) is 0 Å². The molecule has 0 aliphatic carbocycles. The number of carbonyl (C=O) groups excluding carboxylic acids is 2. The quantitative estimate of drug-likeness (QED) is 0.456. The number of nitro groups is 1. The molecule has 0 spiro atoms. The standard InChI is InChI=1S/C23H18ClN3O4/c24-20-11-10-18(27(30)31)14-19(20)22(28)25-17-9-8-15-7-4-12-26(21(15)13-17)23(29)16-5-2-1-3-6-16/h1-3,5-6,8-11,13-14H,4,7,12H2,(H,25,28). The van der Waals surface area contributed by atoms with Crippen molar-refractivity contribution in [1.82, 2.24) is 0 Å². The molecule has 0 saturated heterocycles. The molecule has 0 saturated carbocycles. The summed E-state index contributed by atoms with van der Waals surface area (Å²) in [5, 5.41) is 13.9. The maximum atomic E-state index is 13.0. The molecule has 0 bridgehead atoms. The van der Waals surface area contributed by atoms with Gasteiger partial charge in [-0.05, 0) is 48.7 Å². The SMILES string of the molecule is O=C(Nc1ccc2c(c1)N(C(=O)c1ccccc1)CCC2)c1cc([N+](=O)[O-])ccc1Cl. The molecule has 4 rings (SSSR count). The van der Waals surface area contributed by atoms with Crippen molar-refractivity contribution >= 4 is 40.5 Å². The summed E-state index contributed by atoms with van der Waals surface area (Å²) in [7, 11) is 0. The van der Waals surface area contributed by atoms with Crippen molar-refractivity contribution in [2.75, 3.05) is 16.8 Å². The van der Waals surface area contributed by atoms with E-state index in [-0.39, 0.29) is 22.2 Å². The van der Waals surface area contributed by atoms with Crippen molar-refractivity contribution in [2.24, 2.45) is 0 Å². The number of amides is 2. The van der Waals surface area contributed by atoms with E-state index in [9.17, 15) is 19.7 Å². The van der Waals surface area contributed by atoms with Gasteiger partial charge >= 0.3 is 0 Å². The van der Waals surface area contributed by atoms with Crippen molar-refractivity contribution < 1.29 is 14.5 Å². The molecule has 1 N–H and O–H groups in total. The number of aryl methyl sites for hydroxylation is 1. The first-order valence-electron chi connectivity index (χ1n) is 9.69. The van der Waals surface area contributed by atoms with E-state index >= 15 is 0 Å². The lowest BCUT2D eigenvalue weighted by atomic mass is 10.00. The summed E-state index contributed by atoms with van der Waals surface area (Å²) >= 11 is 6.07. The van der Waals surface area contributed by atoms with Gasteiger partial charge in [0.15, 0.2) is 0 Å². The van der Waals surface area contributed by atoms with Crippen LogP contribution in [0.1, 0.15) is 32.7 Å². The van der Waals surface area contributed by atoms with E-state index in [2.05, 4.69) is 5.32 Å². The monoisotopic (exact) mass is 435 g/mol. The van der Waals surface area contributed by atoms with Crippen LogP contribution < -0.4 is 10.2 Å². The number of halogens is 1. The zero-order valence-electron chi connectivity index (χ0n) is 16.4. The van der Waals surface area contributed by atoms with Crippen LogP contribution in [-0.2, 0) is 6.42 Å². The number of nitro benzene ring substituents is 1. The van der Waals surface area contributed by atoms with Gasteiger partial charge in [0.05, 0.1) is 15.5 Å². The number of non-ortho nitro benzene ring substituents is 1. The minimum atomic E-state index is -0.584. The van der Waals surface area contributed by atoms with Gasteiger partial charge in [-0.2, -0.15) is 0 Å². The second-order valence-corrected chi connectivity index (χ2v) is 7.55. The molecule has 3 aromatic carbocycles. The van der Waals surface area contributed by atoms with Crippen molar-refractivity contribution in [3.05, 3.63) is 98.6 Å². The zero-order valence-corrected chi connectivity index (χ0v) is 17.1. The summed E-state index contributed by atoms with van der Waals surface area (Å²) < 4.78 is 0. The minimum Gasteiger partial charge on any atom is -0.322 e. The average molecular weight is 436 g/mol. The van der Waals surface area contributed by atoms with Gasteiger partial charge in [0.1, 0.15) is 0 Å².